The molecule has 0 heterocycles. The van der Waals surface area contributed by atoms with Crippen LogP contribution in [0.1, 0.15) is 18.9 Å². The Labute approximate surface area is 114 Å². The van der Waals surface area contributed by atoms with Crippen molar-refractivity contribution in [2.75, 3.05) is 12.0 Å². The molecular weight excluding hydrogens is 333 g/mol. The topological polar surface area (TPSA) is 29.1 Å². The van der Waals surface area contributed by atoms with Crippen LogP contribution in [0, 0.1) is 3.57 Å². The third-order valence-corrected chi connectivity index (χ3v) is 3.94. The van der Waals surface area contributed by atoms with E-state index in [1.165, 1.54) is 9.13 Å². The van der Waals surface area contributed by atoms with Crippen LogP contribution in [-0.4, -0.2) is 22.3 Å². The first kappa shape index (κ1) is 14.1. The molecule has 0 radical (unpaired) electrons. The molecule has 1 N–H and O–H groups in total. The first-order valence-electron chi connectivity index (χ1n) is 5.36. The molecule has 2 nitrogen and oxygen atoms in total. The lowest BCUT2D eigenvalue weighted by Gasteiger charge is -2.12. The number of rotatable bonds is 6. The third kappa shape index (κ3) is 5.96. The van der Waals surface area contributed by atoms with Crippen LogP contribution in [0.5, 0.6) is 0 Å². The quantitative estimate of drug-likeness (QED) is 0.798. The summed E-state index contributed by atoms with van der Waals surface area (Å²) < 4.78 is 12.2. The Kier molecular flexibility index (Phi) is 6.53. The van der Waals surface area contributed by atoms with Gasteiger partial charge in [0.15, 0.2) is 0 Å². The molecule has 0 aliphatic heterocycles. The van der Waals surface area contributed by atoms with Crippen molar-refractivity contribution in [3.05, 3.63) is 33.4 Å². The molecule has 0 aliphatic carbocycles. The molecule has 2 atom stereocenters. The monoisotopic (exact) mass is 351 g/mol. The summed E-state index contributed by atoms with van der Waals surface area (Å²) in [6.45, 7) is 3.02. The summed E-state index contributed by atoms with van der Waals surface area (Å²) >= 11 is 2.30. The fourth-order valence-electron chi connectivity index (χ4n) is 1.34. The SMILES string of the molecule is CC(CCS(C)=O)NCc1ccc(I)cc1. The number of nitrogens with one attached hydrogen (secondary N) is 1. The Hall–Kier alpha value is 0.0600. The van der Waals surface area contributed by atoms with E-state index in [0.29, 0.717) is 6.04 Å². The van der Waals surface area contributed by atoms with Gasteiger partial charge < -0.3 is 5.32 Å². The lowest BCUT2D eigenvalue weighted by molar-refractivity contribution is 0.535. The Morgan fingerprint density at radius 2 is 2.00 bits per heavy atom. The van der Waals surface area contributed by atoms with Crippen LogP contribution in [0.4, 0.5) is 0 Å². The van der Waals surface area contributed by atoms with E-state index in [9.17, 15) is 4.21 Å². The Bertz CT molecular complexity index is 339. The smallest absolute Gasteiger partial charge is 0.0246 e. The largest absolute Gasteiger partial charge is 0.310 e. The number of benzene rings is 1. The van der Waals surface area contributed by atoms with Gasteiger partial charge >= 0.3 is 0 Å². The maximum atomic E-state index is 10.9. The van der Waals surface area contributed by atoms with Crippen LogP contribution in [-0.2, 0) is 17.3 Å². The number of halogens is 1. The highest BCUT2D eigenvalue weighted by atomic mass is 127. The highest BCUT2D eigenvalue weighted by Gasteiger charge is 2.02. The minimum atomic E-state index is -0.678. The molecule has 4 heteroatoms. The van der Waals surface area contributed by atoms with Crippen molar-refractivity contribution in [2.24, 2.45) is 0 Å². The third-order valence-electron chi connectivity index (χ3n) is 2.41. The van der Waals surface area contributed by atoms with Crippen molar-refractivity contribution in [1.29, 1.82) is 0 Å². The van der Waals surface area contributed by atoms with Gasteiger partial charge in [0.1, 0.15) is 0 Å². The molecule has 0 bridgehead atoms. The second-order valence-corrected chi connectivity index (χ2v) is 6.77. The summed E-state index contributed by atoms with van der Waals surface area (Å²) in [5.41, 5.74) is 1.30. The van der Waals surface area contributed by atoms with Gasteiger partial charge in [0, 0.05) is 39.0 Å². The minimum absolute atomic E-state index is 0.420. The summed E-state index contributed by atoms with van der Waals surface area (Å²) in [7, 11) is -0.678. The maximum Gasteiger partial charge on any atom is 0.0246 e. The fourth-order valence-corrected chi connectivity index (χ4v) is 2.38. The highest BCUT2D eigenvalue weighted by Crippen LogP contribution is 2.07. The van der Waals surface area contributed by atoms with Gasteiger partial charge in [-0.15, -0.1) is 0 Å². The van der Waals surface area contributed by atoms with Crippen LogP contribution in [0.25, 0.3) is 0 Å². The molecule has 0 aliphatic rings. The zero-order chi connectivity index (χ0) is 12.0. The van der Waals surface area contributed by atoms with Gasteiger partial charge in [-0.3, -0.25) is 4.21 Å². The summed E-state index contributed by atoms with van der Waals surface area (Å²) in [6.07, 6.45) is 2.72. The predicted octanol–water partition coefficient (Wildman–Crippen LogP) is 2.54. The van der Waals surface area contributed by atoms with E-state index < -0.39 is 10.8 Å². The molecule has 1 rings (SSSR count). The van der Waals surface area contributed by atoms with Gasteiger partial charge in [0.25, 0.3) is 0 Å². The van der Waals surface area contributed by atoms with Gasteiger partial charge in [-0.05, 0) is 53.6 Å². The van der Waals surface area contributed by atoms with E-state index in [2.05, 4.69) is 59.1 Å². The van der Waals surface area contributed by atoms with E-state index in [1.807, 2.05) is 0 Å². The van der Waals surface area contributed by atoms with Gasteiger partial charge in [0.2, 0.25) is 0 Å². The summed E-state index contributed by atoms with van der Waals surface area (Å²) in [6, 6.07) is 8.93. The predicted molar refractivity (Wildman–Crippen MR) is 79.0 cm³/mol. The average Bonchev–Trinajstić information content (AvgIpc) is 2.25. The minimum Gasteiger partial charge on any atom is -0.310 e. The van der Waals surface area contributed by atoms with E-state index >= 15 is 0 Å². The van der Waals surface area contributed by atoms with Crippen LogP contribution in [0.2, 0.25) is 0 Å². The lowest BCUT2D eigenvalue weighted by atomic mass is 10.2. The molecule has 0 spiro atoms. The fraction of sp³-hybridized carbons (Fsp3) is 0.500. The van der Waals surface area contributed by atoms with Crippen LogP contribution in [0.3, 0.4) is 0 Å². The van der Waals surface area contributed by atoms with Crippen molar-refractivity contribution in [1.82, 2.24) is 5.32 Å². The van der Waals surface area contributed by atoms with Crippen LogP contribution >= 0.6 is 22.6 Å². The Morgan fingerprint density at radius 1 is 1.38 bits per heavy atom. The summed E-state index contributed by atoms with van der Waals surface area (Å²) in [5.74, 6) is 0.779. The molecular formula is C12H18INOS. The zero-order valence-corrected chi connectivity index (χ0v) is 12.7. The number of hydrogen-bond donors (Lipinski definition) is 1. The molecule has 2 unspecified atom stereocenters. The molecule has 1 aromatic rings. The van der Waals surface area contributed by atoms with Gasteiger partial charge in [-0.1, -0.05) is 12.1 Å². The highest BCUT2D eigenvalue weighted by molar-refractivity contribution is 14.1. The molecule has 1 aromatic carbocycles. The lowest BCUT2D eigenvalue weighted by Crippen LogP contribution is -2.26. The molecule has 0 aromatic heterocycles. The molecule has 0 saturated heterocycles. The first-order chi connectivity index (χ1) is 7.58. The normalized spacial score (nSPS) is 14.7. The van der Waals surface area contributed by atoms with Crippen molar-refractivity contribution < 1.29 is 4.21 Å². The van der Waals surface area contributed by atoms with E-state index in [0.717, 1.165) is 18.7 Å². The number of hydrogen-bond acceptors (Lipinski definition) is 2. The van der Waals surface area contributed by atoms with Crippen molar-refractivity contribution in [3.63, 3.8) is 0 Å². The van der Waals surface area contributed by atoms with E-state index in [4.69, 9.17) is 0 Å². The molecule has 0 amide bonds. The molecule has 90 valence electrons. The van der Waals surface area contributed by atoms with Crippen molar-refractivity contribution >= 4 is 33.4 Å². The Morgan fingerprint density at radius 3 is 2.56 bits per heavy atom. The molecule has 16 heavy (non-hydrogen) atoms. The molecule has 0 saturated carbocycles. The van der Waals surface area contributed by atoms with Crippen LogP contribution in [0.15, 0.2) is 24.3 Å². The van der Waals surface area contributed by atoms with E-state index in [1.54, 1.807) is 6.26 Å². The summed E-state index contributed by atoms with van der Waals surface area (Å²) in [5, 5.41) is 3.44. The van der Waals surface area contributed by atoms with Gasteiger partial charge in [-0.25, -0.2) is 0 Å². The van der Waals surface area contributed by atoms with Gasteiger partial charge in [0.05, 0.1) is 0 Å². The first-order valence-corrected chi connectivity index (χ1v) is 8.16. The standard InChI is InChI=1S/C12H18INOS/c1-10(7-8-16(2)15)14-9-11-3-5-12(13)6-4-11/h3-6,10,14H,7-9H2,1-2H3. The summed E-state index contributed by atoms with van der Waals surface area (Å²) in [4.78, 5) is 0. The Balaban J connectivity index is 2.28. The molecule has 0 fully saturated rings. The zero-order valence-electron chi connectivity index (χ0n) is 9.70. The van der Waals surface area contributed by atoms with Crippen molar-refractivity contribution in [3.8, 4) is 0 Å². The second-order valence-electron chi connectivity index (χ2n) is 3.97. The van der Waals surface area contributed by atoms with E-state index in [-0.39, 0.29) is 0 Å². The maximum absolute atomic E-state index is 10.9. The second kappa shape index (κ2) is 7.40. The van der Waals surface area contributed by atoms with Crippen LogP contribution < -0.4 is 5.32 Å². The van der Waals surface area contributed by atoms with Crippen molar-refractivity contribution in [2.45, 2.75) is 25.9 Å². The van der Waals surface area contributed by atoms with Gasteiger partial charge in [-0.2, -0.15) is 0 Å². The average molecular weight is 351 g/mol.